The maximum absolute atomic E-state index is 13.2. The van der Waals surface area contributed by atoms with Crippen LogP contribution < -0.4 is 10.1 Å². The number of hydrogen-bond donors (Lipinski definition) is 1. The van der Waals surface area contributed by atoms with Crippen molar-refractivity contribution < 1.29 is 18.8 Å². The first-order valence-electron chi connectivity index (χ1n) is 10.6. The number of pyridine rings is 1. The fraction of sp³-hybridized carbons (Fsp3) is 0.333. The highest BCUT2D eigenvalue weighted by Gasteiger charge is 2.33. The summed E-state index contributed by atoms with van der Waals surface area (Å²) in [6, 6.07) is 14.4. The lowest BCUT2D eigenvalue weighted by atomic mass is 9.88. The van der Waals surface area contributed by atoms with Gasteiger partial charge in [-0.3, -0.25) is 14.6 Å². The minimum atomic E-state index is -0.256. The van der Waals surface area contributed by atoms with Crippen LogP contribution in [0, 0.1) is 5.92 Å². The van der Waals surface area contributed by atoms with Crippen LogP contribution in [-0.4, -0.2) is 47.1 Å². The highest BCUT2D eigenvalue weighted by Crippen LogP contribution is 2.30. The third-order valence-electron chi connectivity index (χ3n) is 5.67. The summed E-state index contributed by atoms with van der Waals surface area (Å²) in [7, 11) is 1.60. The van der Waals surface area contributed by atoms with Gasteiger partial charge >= 0.3 is 0 Å². The lowest BCUT2D eigenvalue weighted by molar-refractivity contribution is -0.120. The van der Waals surface area contributed by atoms with E-state index < -0.39 is 0 Å². The summed E-state index contributed by atoms with van der Waals surface area (Å²) in [5.74, 6) is 0.949. The van der Waals surface area contributed by atoms with E-state index in [-0.39, 0.29) is 29.5 Å². The molecule has 8 nitrogen and oxygen atoms in total. The number of carbonyl (C=O) groups excluding carboxylic acids is 2. The van der Waals surface area contributed by atoms with Crippen LogP contribution in [0.4, 0.5) is 0 Å². The second-order valence-electron chi connectivity index (χ2n) is 7.89. The third kappa shape index (κ3) is 4.80. The molecule has 1 saturated heterocycles. The molecular weight excluding hydrogens is 408 g/mol. The summed E-state index contributed by atoms with van der Waals surface area (Å²) < 4.78 is 10.7. The number of nitrogens with zero attached hydrogens (tertiary/aromatic N) is 3. The molecule has 0 bridgehead atoms. The van der Waals surface area contributed by atoms with Crippen LogP contribution >= 0.6 is 0 Å². The van der Waals surface area contributed by atoms with Gasteiger partial charge in [-0.2, -0.15) is 0 Å². The Bertz CT molecular complexity index is 1080. The molecule has 2 aromatic heterocycles. The standard InChI is InChI=1S/C24H26N4O4/c1-16(29)26-23(20-10-3-4-11-25-20)18-8-6-12-28(15-18)24(30)21-14-22(32-27-21)17-7-5-9-19(13-17)31-2/h3-5,7,9-11,13-14,18,23H,6,8,12,15H2,1-2H3,(H,26,29)/t18-,23+/m1/s1. The van der Waals surface area contributed by atoms with Gasteiger partial charge < -0.3 is 19.5 Å². The van der Waals surface area contributed by atoms with Gasteiger partial charge in [0.15, 0.2) is 11.5 Å². The van der Waals surface area contributed by atoms with Gasteiger partial charge in [-0.25, -0.2) is 0 Å². The van der Waals surface area contributed by atoms with Crippen LogP contribution in [0.5, 0.6) is 5.75 Å². The number of carbonyl (C=O) groups is 2. The molecule has 2 atom stereocenters. The van der Waals surface area contributed by atoms with Crippen molar-refractivity contribution in [3.05, 3.63) is 66.1 Å². The van der Waals surface area contributed by atoms with Crippen LogP contribution in [0.2, 0.25) is 0 Å². The van der Waals surface area contributed by atoms with Crippen molar-refractivity contribution in [3.63, 3.8) is 0 Å². The molecule has 0 radical (unpaired) electrons. The summed E-state index contributed by atoms with van der Waals surface area (Å²) in [5, 5.41) is 7.03. The Kier molecular flexibility index (Phi) is 6.49. The Morgan fingerprint density at radius 2 is 2.09 bits per heavy atom. The van der Waals surface area contributed by atoms with Crippen molar-refractivity contribution in [2.24, 2.45) is 5.92 Å². The van der Waals surface area contributed by atoms with Crippen molar-refractivity contribution in [1.29, 1.82) is 0 Å². The predicted octanol–water partition coefficient (Wildman–Crippen LogP) is 3.47. The first kappa shape index (κ1) is 21.5. The van der Waals surface area contributed by atoms with Crippen molar-refractivity contribution >= 4 is 11.8 Å². The van der Waals surface area contributed by atoms with Gasteiger partial charge in [0.05, 0.1) is 18.8 Å². The molecule has 32 heavy (non-hydrogen) atoms. The normalized spacial score (nSPS) is 16.9. The lowest BCUT2D eigenvalue weighted by Crippen LogP contribution is -2.45. The Hall–Kier alpha value is -3.68. The summed E-state index contributed by atoms with van der Waals surface area (Å²) in [6.45, 7) is 2.63. The largest absolute Gasteiger partial charge is 0.497 e. The number of likely N-dealkylation sites (tertiary alicyclic amines) is 1. The van der Waals surface area contributed by atoms with Crippen LogP contribution in [0.1, 0.15) is 42.0 Å². The molecule has 0 unspecified atom stereocenters. The summed E-state index contributed by atoms with van der Waals surface area (Å²) in [5.41, 5.74) is 1.84. The molecule has 0 spiro atoms. The Morgan fingerprint density at radius 3 is 2.84 bits per heavy atom. The molecule has 1 aliphatic rings. The van der Waals surface area contributed by atoms with Crippen LogP contribution in [0.15, 0.2) is 59.3 Å². The number of methoxy groups -OCH3 is 1. The average Bonchev–Trinajstić information content (AvgIpc) is 3.33. The number of hydrogen-bond acceptors (Lipinski definition) is 6. The minimum absolute atomic E-state index is 0.0521. The second kappa shape index (κ2) is 9.64. The number of amides is 2. The van der Waals surface area contributed by atoms with Gasteiger partial charge in [-0.1, -0.05) is 23.4 Å². The fourth-order valence-electron chi connectivity index (χ4n) is 4.13. The molecule has 2 amide bonds. The zero-order valence-electron chi connectivity index (χ0n) is 18.2. The highest BCUT2D eigenvalue weighted by atomic mass is 16.5. The molecule has 3 heterocycles. The van der Waals surface area contributed by atoms with Crippen molar-refractivity contribution in [2.75, 3.05) is 20.2 Å². The van der Waals surface area contributed by atoms with E-state index in [9.17, 15) is 9.59 Å². The van der Waals surface area contributed by atoms with Gasteiger partial charge in [0.2, 0.25) is 5.91 Å². The summed E-state index contributed by atoms with van der Waals surface area (Å²) in [6.07, 6.45) is 3.44. The number of rotatable bonds is 6. The molecule has 166 valence electrons. The van der Waals surface area contributed by atoms with Gasteiger partial charge in [-0.05, 0) is 37.1 Å². The second-order valence-corrected chi connectivity index (χ2v) is 7.89. The monoisotopic (exact) mass is 434 g/mol. The molecular formula is C24H26N4O4. The molecule has 4 rings (SSSR count). The molecule has 8 heteroatoms. The number of aromatic nitrogens is 2. The molecule has 1 aromatic carbocycles. The molecule has 3 aromatic rings. The predicted molar refractivity (Wildman–Crippen MR) is 118 cm³/mol. The quantitative estimate of drug-likeness (QED) is 0.638. The smallest absolute Gasteiger partial charge is 0.276 e. The zero-order valence-corrected chi connectivity index (χ0v) is 18.2. The van der Waals surface area contributed by atoms with Crippen LogP contribution in [0.25, 0.3) is 11.3 Å². The van der Waals surface area contributed by atoms with E-state index in [0.717, 1.165) is 24.1 Å². The summed E-state index contributed by atoms with van der Waals surface area (Å²) in [4.78, 5) is 31.2. The topological polar surface area (TPSA) is 97.6 Å². The average molecular weight is 434 g/mol. The Morgan fingerprint density at radius 1 is 1.22 bits per heavy atom. The number of ether oxygens (including phenoxy) is 1. The van der Waals surface area contributed by atoms with E-state index in [1.165, 1.54) is 6.92 Å². The SMILES string of the molecule is COc1cccc(-c2cc(C(=O)N3CCC[C@@H]([C@H](NC(C)=O)c4ccccn4)C3)no2)c1. The van der Waals surface area contributed by atoms with Crippen LogP contribution in [0.3, 0.4) is 0 Å². The zero-order chi connectivity index (χ0) is 22.5. The van der Waals surface area contributed by atoms with E-state index in [4.69, 9.17) is 9.26 Å². The molecule has 1 N–H and O–H groups in total. The minimum Gasteiger partial charge on any atom is -0.497 e. The van der Waals surface area contributed by atoms with E-state index in [0.29, 0.717) is 24.6 Å². The van der Waals surface area contributed by atoms with E-state index in [1.54, 1.807) is 24.3 Å². The van der Waals surface area contributed by atoms with Crippen molar-refractivity contribution in [3.8, 4) is 17.1 Å². The van der Waals surface area contributed by atoms with E-state index in [2.05, 4.69) is 15.5 Å². The molecule has 1 fully saturated rings. The Labute approximate surface area is 186 Å². The van der Waals surface area contributed by atoms with E-state index in [1.807, 2.05) is 42.5 Å². The first-order valence-corrected chi connectivity index (χ1v) is 10.6. The molecule has 1 aliphatic heterocycles. The van der Waals surface area contributed by atoms with Crippen LogP contribution in [-0.2, 0) is 4.79 Å². The number of benzene rings is 1. The van der Waals surface area contributed by atoms with Gasteiger partial charge in [0.25, 0.3) is 5.91 Å². The maximum Gasteiger partial charge on any atom is 0.276 e. The molecule has 0 saturated carbocycles. The maximum atomic E-state index is 13.2. The third-order valence-corrected chi connectivity index (χ3v) is 5.67. The number of piperidine rings is 1. The lowest BCUT2D eigenvalue weighted by Gasteiger charge is -2.36. The van der Waals surface area contributed by atoms with Gasteiger partial charge in [0.1, 0.15) is 5.75 Å². The number of nitrogens with one attached hydrogen (secondary N) is 1. The van der Waals surface area contributed by atoms with Crippen molar-refractivity contribution in [1.82, 2.24) is 20.4 Å². The first-order chi connectivity index (χ1) is 15.5. The van der Waals surface area contributed by atoms with Gasteiger partial charge in [0, 0.05) is 43.8 Å². The van der Waals surface area contributed by atoms with Gasteiger partial charge in [-0.15, -0.1) is 0 Å². The molecule has 0 aliphatic carbocycles. The Balaban J connectivity index is 1.51. The summed E-state index contributed by atoms with van der Waals surface area (Å²) >= 11 is 0. The van der Waals surface area contributed by atoms with Crippen molar-refractivity contribution in [2.45, 2.75) is 25.8 Å². The highest BCUT2D eigenvalue weighted by molar-refractivity contribution is 5.93. The van der Waals surface area contributed by atoms with E-state index >= 15 is 0 Å². The fourth-order valence-corrected chi connectivity index (χ4v) is 4.13.